The second-order valence-corrected chi connectivity index (χ2v) is 6.96. The summed E-state index contributed by atoms with van der Waals surface area (Å²) in [5, 5.41) is 19.4. The number of hydrogen-bond acceptors (Lipinski definition) is 5. The smallest absolute Gasteiger partial charge is 0.143 e. The molecule has 0 amide bonds. The third-order valence-corrected chi connectivity index (χ3v) is 5.09. The molecule has 4 rings (SSSR count). The van der Waals surface area contributed by atoms with E-state index in [1.807, 2.05) is 0 Å². The van der Waals surface area contributed by atoms with Crippen molar-refractivity contribution in [1.29, 1.82) is 0 Å². The molecular weight excluding hydrogens is 397 g/mol. The molecule has 0 bridgehead atoms. The van der Waals surface area contributed by atoms with Gasteiger partial charge in [0.15, 0.2) is 0 Å². The van der Waals surface area contributed by atoms with Gasteiger partial charge in [-0.3, -0.25) is 0 Å². The second-order valence-electron chi connectivity index (χ2n) is 6.96. The minimum Gasteiger partial charge on any atom is -0.382 e. The molecule has 2 heterocycles. The van der Waals surface area contributed by atoms with Crippen LogP contribution in [0.5, 0.6) is 0 Å². The van der Waals surface area contributed by atoms with Crippen molar-refractivity contribution < 1.29 is 22.8 Å². The third-order valence-electron chi connectivity index (χ3n) is 5.09. The highest BCUT2D eigenvalue weighted by Crippen LogP contribution is 2.40. The van der Waals surface area contributed by atoms with Crippen LogP contribution in [-0.2, 0) is 12.1 Å². The van der Waals surface area contributed by atoms with Crippen LogP contribution in [0.3, 0.4) is 0 Å². The fourth-order valence-corrected chi connectivity index (χ4v) is 3.38. The highest BCUT2D eigenvalue weighted by Gasteiger charge is 2.42. The first kappa shape index (κ1) is 19.8. The van der Waals surface area contributed by atoms with Crippen molar-refractivity contribution in [3.8, 4) is 11.3 Å². The van der Waals surface area contributed by atoms with Gasteiger partial charge in [0.05, 0.1) is 12.5 Å². The molecule has 6 nitrogen and oxygen atoms in total. The molecule has 4 aromatic rings. The monoisotopic (exact) mass is 414 g/mol. The van der Waals surface area contributed by atoms with E-state index in [1.165, 1.54) is 35.5 Å². The van der Waals surface area contributed by atoms with Crippen LogP contribution in [0, 0.1) is 17.5 Å². The third kappa shape index (κ3) is 3.59. The fraction of sp³-hybridized carbons (Fsp3) is 0.190. The molecule has 0 aliphatic rings. The lowest BCUT2D eigenvalue weighted by atomic mass is 9.80. The number of benzene rings is 2. The van der Waals surface area contributed by atoms with Crippen molar-refractivity contribution in [2.45, 2.75) is 25.0 Å². The summed E-state index contributed by atoms with van der Waals surface area (Å²) in [6, 6.07) is 10.5. The van der Waals surface area contributed by atoms with Gasteiger partial charge in [0, 0.05) is 23.3 Å². The van der Waals surface area contributed by atoms with E-state index < -0.39 is 29.0 Å². The molecule has 0 saturated carbocycles. The minimum atomic E-state index is -1.89. The first-order valence-electron chi connectivity index (χ1n) is 9.10. The van der Waals surface area contributed by atoms with Crippen molar-refractivity contribution >= 4 is 0 Å². The molecule has 0 aliphatic heterocycles. The van der Waals surface area contributed by atoms with Gasteiger partial charge < -0.3 is 9.63 Å². The standard InChI is InChI=1S/C21H17F3N4O2/c1-13(20-9-19(27-30-20)15-4-2-3-5-17(15)23)21(29,10-28-12-25-11-26-28)16-7-6-14(22)8-18(16)24/h2-9,11-13,29H,10H2,1H3/t13-,21+/m0/s1. The molecule has 0 saturated heterocycles. The summed E-state index contributed by atoms with van der Waals surface area (Å²) >= 11 is 0. The van der Waals surface area contributed by atoms with Gasteiger partial charge in [0.1, 0.15) is 47.2 Å². The predicted molar refractivity (Wildman–Crippen MR) is 101 cm³/mol. The summed E-state index contributed by atoms with van der Waals surface area (Å²) in [6.07, 6.45) is 2.64. The maximum absolute atomic E-state index is 14.6. The van der Waals surface area contributed by atoms with E-state index in [1.54, 1.807) is 25.1 Å². The Morgan fingerprint density at radius 3 is 2.60 bits per heavy atom. The SMILES string of the molecule is C[C@@H](c1cc(-c2ccccc2F)no1)[C@](O)(Cn1cncn1)c1ccc(F)cc1F. The molecule has 30 heavy (non-hydrogen) atoms. The zero-order valence-electron chi connectivity index (χ0n) is 15.8. The Morgan fingerprint density at radius 2 is 1.90 bits per heavy atom. The van der Waals surface area contributed by atoms with Crippen LogP contribution in [-0.4, -0.2) is 25.0 Å². The molecule has 154 valence electrons. The number of halogens is 3. The summed E-state index contributed by atoms with van der Waals surface area (Å²) in [7, 11) is 0. The van der Waals surface area contributed by atoms with Crippen molar-refractivity contribution in [2.75, 3.05) is 0 Å². The number of aromatic nitrogens is 4. The maximum Gasteiger partial charge on any atom is 0.143 e. The van der Waals surface area contributed by atoms with E-state index >= 15 is 0 Å². The van der Waals surface area contributed by atoms with Crippen LogP contribution in [0.15, 0.2) is 65.7 Å². The topological polar surface area (TPSA) is 77.0 Å². The normalized spacial score (nSPS) is 14.4. The Kier molecular flexibility index (Phi) is 5.13. The van der Waals surface area contributed by atoms with Gasteiger partial charge in [-0.05, 0) is 18.2 Å². The molecule has 2 aromatic carbocycles. The van der Waals surface area contributed by atoms with Gasteiger partial charge in [0.25, 0.3) is 0 Å². The van der Waals surface area contributed by atoms with Gasteiger partial charge in [-0.15, -0.1) is 0 Å². The molecule has 2 atom stereocenters. The van der Waals surface area contributed by atoms with Gasteiger partial charge in [0.2, 0.25) is 0 Å². The summed E-state index contributed by atoms with van der Waals surface area (Å²) in [6.45, 7) is 1.41. The summed E-state index contributed by atoms with van der Waals surface area (Å²) in [5.41, 5.74) is -1.57. The van der Waals surface area contributed by atoms with Gasteiger partial charge in [-0.1, -0.05) is 30.3 Å². The molecule has 0 spiro atoms. The minimum absolute atomic E-state index is 0.143. The molecule has 1 N–H and O–H groups in total. The van der Waals surface area contributed by atoms with Crippen LogP contribution in [0.25, 0.3) is 11.3 Å². The first-order chi connectivity index (χ1) is 14.4. The van der Waals surface area contributed by atoms with Crippen LogP contribution in [0.4, 0.5) is 13.2 Å². The van der Waals surface area contributed by atoms with E-state index in [9.17, 15) is 18.3 Å². The maximum atomic E-state index is 14.6. The van der Waals surface area contributed by atoms with Gasteiger partial charge in [-0.2, -0.15) is 5.10 Å². The lowest BCUT2D eigenvalue weighted by Crippen LogP contribution is -2.38. The zero-order chi connectivity index (χ0) is 21.3. The molecule has 0 aliphatic carbocycles. The molecule has 0 unspecified atom stereocenters. The van der Waals surface area contributed by atoms with Gasteiger partial charge >= 0.3 is 0 Å². The summed E-state index contributed by atoms with van der Waals surface area (Å²) < 4.78 is 48.9. The highest BCUT2D eigenvalue weighted by atomic mass is 19.1. The van der Waals surface area contributed by atoms with Crippen LogP contribution < -0.4 is 0 Å². The summed E-state index contributed by atoms with van der Waals surface area (Å²) in [5.74, 6) is -2.83. The first-order valence-corrected chi connectivity index (χ1v) is 9.10. The molecule has 0 radical (unpaired) electrons. The number of rotatable bonds is 6. The zero-order valence-corrected chi connectivity index (χ0v) is 15.8. The van der Waals surface area contributed by atoms with Crippen LogP contribution >= 0.6 is 0 Å². The van der Waals surface area contributed by atoms with Crippen molar-refractivity contribution in [1.82, 2.24) is 19.9 Å². The molecule has 0 fully saturated rings. The lowest BCUT2D eigenvalue weighted by Gasteiger charge is -2.33. The van der Waals surface area contributed by atoms with Crippen LogP contribution in [0.1, 0.15) is 24.2 Å². The lowest BCUT2D eigenvalue weighted by molar-refractivity contribution is -0.0181. The van der Waals surface area contributed by atoms with E-state index in [-0.39, 0.29) is 29.1 Å². The Balaban J connectivity index is 1.76. The Morgan fingerprint density at radius 1 is 1.10 bits per heavy atom. The number of hydrogen-bond donors (Lipinski definition) is 1. The Bertz CT molecular complexity index is 1160. The second kappa shape index (κ2) is 7.75. The predicted octanol–water partition coefficient (Wildman–Crippen LogP) is 4.04. The quantitative estimate of drug-likeness (QED) is 0.515. The summed E-state index contributed by atoms with van der Waals surface area (Å²) in [4.78, 5) is 3.83. The Hall–Kier alpha value is -3.46. The van der Waals surface area contributed by atoms with Crippen molar-refractivity contribution in [2.24, 2.45) is 0 Å². The van der Waals surface area contributed by atoms with E-state index in [0.29, 0.717) is 6.07 Å². The number of aliphatic hydroxyl groups is 1. The van der Waals surface area contributed by atoms with Crippen molar-refractivity contribution in [3.63, 3.8) is 0 Å². The average Bonchev–Trinajstić information content (AvgIpc) is 3.39. The Labute approximate surface area is 169 Å². The van der Waals surface area contributed by atoms with Crippen LogP contribution in [0.2, 0.25) is 0 Å². The largest absolute Gasteiger partial charge is 0.382 e. The molecular formula is C21H17F3N4O2. The fourth-order valence-electron chi connectivity index (χ4n) is 3.38. The van der Waals surface area contributed by atoms with E-state index in [2.05, 4.69) is 15.2 Å². The van der Waals surface area contributed by atoms with Gasteiger partial charge in [-0.25, -0.2) is 22.8 Å². The van der Waals surface area contributed by atoms with E-state index in [0.717, 1.165) is 6.07 Å². The molecule has 2 aromatic heterocycles. The van der Waals surface area contributed by atoms with Crippen molar-refractivity contribution in [3.05, 3.63) is 90.0 Å². The number of nitrogens with zero attached hydrogens (tertiary/aromatic N) is 4. The molecule has 9 heteroatoms. The average molecular weight is 414 g/mol. The highest BCUT2D eigenvalue weighted by molar-refractivity contribution is 5.59. The van der Waals surface area contributed by atoms with E-state index in [4.69, 9.17) is 4.52 Å².